The van der Waals surface area contributed by atoms with Gasteiger partial charge in [-0.3, -0.25) is 4.79 Å². The summed E-state index contributed by atoms with van der Waals surface area (Å²) in [5.74, 6) is 1.49. The molecule has 3 aromatic rings. The SMILES string of the molecule is Cl.Cl.O=C(NCCC1CCCNC1)c1ccc(-c2nc3ccccc3s2)o1. The fraction of sp³-hybridized carbons (Fsp3) is 0.368. The smallest absolute Gasteiger partial charge is 0.287 e. The van der Waals surface area contributed by atoms with Gasteiger partial charge in [0.25, 0.3) is 5.91 Å². The topological polar surface area (TPSA) is 67.2 Å². The lowest BCUT2D eigenvalue weighted by Gasteiger charge is -2.22. The number of amides is 1. The molecule has 8 heteroatoms. The van der Waals surface area contributed by atoms with Crippen molar-refractivity contribution in [3.63, 3.8) is 0 Å². The van der Waals surface area contributed by atoms with E-state index in [0.717, 1.165) is 34.7 Å². The molecule has 0 saturated carbocycles. The monoisotopic (exact) mass is 427 g/mol. The summed E-state index contributed by atoms with van der Waals surface area (Å²) in [7, 11) is 0. The molecule has 5 nitrogen and oxygen atoms in total. The van der Waals surface area contributed by atoms with E-state index in [9.17, 15) is 4.79 Å². The number of aromatic nitrogens is 1. The number of nitrogens with zero attached hydrogens (tertiary/aromatic N) is 1. The molecule has 0 spiro atoms. The summed E-state index contributed by atoms with van der Waals surface area (Å²) in [6.07, 6.45) is 3.47. The Bertz CT molecular complexity index is 842. The summed E-state index contributed by atoms with van der Waals surface area (Å²) in [4.78, 5) is 16.8. The number of carbonyl (C=O) groups is 1. The maximum atomic E-state index is 12.3. The van der Waals surface area contributed by atoms with Crippen LogP contribution in [0.1, 0.15) is 29.8 Å². The van der Waals surface area contributed by atoms with Crippen molar-refractivity contribution in [2.75, 3.05) is 19.6 Å². The van der Waals surface area contributed by atoms with E-state index in [-0.39, 0.29) is 30.7 Å². The van der Waals surface area contributed by atoms with Crippen LogP contribution in [-0.4, -0.2) is 30.5 Å². The minimum Gasteiger partial charge on any atom is -0.448 e. The Morgan fingerprint density at radius 1 is 1.26 bits per heavy atom. The lowest BCUT2D eigenvalue weighted by atomic mass is 9.96. The Balaban J connectivity index is 0.00000131. The zero-order valence-corrected chi connectivity index (χ0v) is 17.2. The molecule has 3 heterocycles. The van der Waals surface area contributed by atoms with E-state index < -0.39 is 0 Å². The van der Waals surface area contributed by atoms with Crippen LogP contribution in [0.2, 0.25) is 0 Å². The number of nitrogens with one attached hydrogen (secondary N) is 2. The van der Waals surface area contributed by atoms with Gasteiger partial charge in [0.15, 0.2) is 16.5 Å². The Kier molecular flexibility index (Phi) is 8.10. The first-order valence-electron chi connectivity index (χ1n) is 8.74. The number of thiazole rings is 1. The van der Waals surface area contributed by atoms with E-state index in [1.807, 2.05) is 30.3 Å². The van der Waals surface area contributed by atoms with Crippen LogP contribution in [0.4, 0.5) is 0 Å². The van der Waals surface area contributed by atoms with Crippen LogP contribution in [0.3, 0.4) is 0 Å². The minimum atomic E-state index is -0.156. The molecule has 1 saturated heterocycles. The summed E-state index contributed by atoms with van der Waals surface area (Å²) in [6.45, 7) is 2.85. The van der Waals surface area contributed by atoms with E-state index in [2.05, 4.69) is 15.6 Å². The number of fused-ring (bicyclic) bond motifs is 1. The lowest BCUT2D eigenvalue weighted by Crippen LogP contribution is -2.33. The highest BCUT2D eigenvalue weighted by Gasteiger charge is 2.16. The van der Waals surface area contributed by atoms with Crippen molar-refractivity contribution in [3.8, 4) is 10.8 Å². The van der Waals surface area contributed by atoms with E-state index in [1.54, 1.807) is 17.4 Å². The zero-order valence-electron chi connectivity index (χ0n) is 14.8. The number of furan rings is 1. The fourth-order valence-corrected chi connectivity index (χ4v) is 4.13. The third-order valence-corrected chi connectivity index (χ3v) is 5.62. The molecule has 2 N–H and O–H groups in total. The van der Waals surface area contributed by atoms with Crippen molar-refractivity contribution in [2.24, 2.45) is 5.92 Å². The summed E-state index contributed by atoms with van der Waals surface area (Å²) in [5.41, 5.74) is 0.950. The van der Waals surface area contributed by atoms with Gasteiger partial charge in [-0.1, -0.05) is 12.1 Å². The number of hydrogen-bond donors (Lipinski definition) is 2. The average molecular weight is 428 g/mol. The number of halogens is 2. The predicted molar refractivity (Wildman–Crippen MR) is 114 cm³/mol. The summed E-state index contributed by atoms with van der Waals surface area (Å²) in [5, 5.41) is 7.16. The first kappa shape index (κ1) is 21.7. The molecule has 0 radical (unpaired) electrons. The highest BCUT2D eigenvalue weighted by molar-refractivity contribution is 7.21. The molecule has 1 fully saturated rings. The lowest BCUT2D eigenvalue weighted by molar-refractivity contribution is 0.0924. The molecule has 1 atom stereocenters. The minimum absolute atomic E-state index is 0. The standard InChI is InChI=1S/C19H21N3O2S.2ClH/c23-18(21-11-9-13-4-3-10-20-12-13)15-7-8-16(24-15)19-22-14-5-1-2-6-17(14)25-19;;/h1-2,5-8,13,20H,3-4,9-12H2,(H,21,23);2*1H. The van der Waals surface area contributed by atoms with Crippen LogP contribution < -0.4 is 10.6 Å². The Labute approximate surface area is 174 Å². The molecule has 146 valence electrons. The van der Waals surface area contributed by atoms with Gasteiger partial charge in [0.2, 0.25) is 0 Å². The first-order valence-corrected chi connectivity index (χ1v) is 9.56. The Morgan fingerprint density at radius 3 is 2.89 bits per heavy atom. The van der Waals surface area contributed by atoms with Gasteiger partial charge in [-0.25, -0.2) is 4.98 Å². The van der Waals surface area contributed by atoms with Crippen molar-refractivity contribution in [2.45, 2.75) is 19.3 Å². The fourth-order valence-electron chi connectivity index (χ4n) is 3.20. The van der Waals surface area contributed by atoms with Crippen molar-refractivity contribution in [1.29, 1.82) is 0 Å². The molecular weight excluding hydrogens is 405 g/mol. The number of rotatable bonds is 5. The van der Waals surface area contributed by atoms with E-state index in [1.165, 1.54) is 12.8 Å². The van der Waals surface area contributed by atoms with Gasteiger partial charge in [0, 0.05) is 6.54 Å². The molecule has 27 heavy (non-hydrogen) atoms. The van der Waals surface area contributed by atoms with Crippen LogP contribution in [-0.2, 0) is 0 Å². The number of piperidine rings is 1. The Morgan fingerprint density at radius 2 is 2.11 bits per heavy atom. The van der Waals surface area contributed by atoms with Gasteiger partial charge in [-0.15, -0.1) is 36.2 Å². The quantitative estimate of drug-likeness (QED) is 0.627. The summed E-state index contributed by atoms with van der Waals surface area (Å²) in [6, 6.07) is 11.5. The van der Waals surface area contributed by atoms with E-state index >= 15 is 0 Å². The van der Waals surface area contributed by atoms with Gasteiger partial charge < -0.3 is 15.1 Å². The third kappa shape index (κ3) is 5.23. The predicted octanol–water partition coefficient (Wildman–Crippen LogP) is 4.52. The van der Waals surface area contributed by atoms with Crippen molar-refractivity contribution >= 4 is 52.3 Å². The van der Waals surface area contributed by atoms with Gasteiger partial charge in [-0.05, 0) is 62.5 Å². The van der Waals surface area contributed by atoms with Gasteiger partial charge in [-0.2, -0.15) is 0 Å². The molecule has 1 aliphatic heterocycles. The van der Waals surface area contributed by atoms with E-state index in [4.69, 9.17) is 4.42 Å². The van der Waals surface area contributed by atoms with Crippen molar-refractivity contribution in [1.82, 2.24) is 15.6 Å². The second kappa shape index (κ2) is 10.1. The molecule has 0 aliphatic carbocycles. The second-order valence-electron chi connectivity index (χ2n) is 6.41. The highest BCUT2D eigenvalue weighted by atomic mass is 35.5. The zero-order chi connectivity index (χ0) is 17.1. The van der Waals surface area contributed by atoms with E-state index in [0.29, 0.717) is 24.0 Å². The molecule has 1 amide bonds. The van der Waals surface area contributed by atoms with Crippen LogP contribution in [0, 0.1) is 5.92 Å². The van der Waals surface area contributed by atoms with Crippen molar-refractivity contribution < 1.29 is 9.21 Å². The molecular formula is C19H23Cl2N3O2S. The molecule has 0 bridgehead atoms. The Hall–Kier alpha value is -1.60. The summed E-state index contributed by atoms with van der Waals surface area (Å²) < 4.78 is 6.84. The molecule has 2 aromatic heterocycles. The largest absolute Gasteiger partial charge is 0.448 e. The molecule has 1 aromatic carbocycles. The van der Waals surface area contributed by atoms with Crippen LogP contribution in [0.15, 0.2) is 40.8 Å². The number of hydrogen-bond acceptors (Lipinski definition) is 5. The summed E-state index contributed by atoms with van der Waals surface area (Å²) >= 11 is 1.57. The van der Waals surface area contributed by atoms with Gasteiger partial charge >= 0.3 is 0 Å². The maximum Gasteiger partial charge on any atom is 0.287 e. The van der Waals surface area contributed by atoms with Gasteiger partial charge in [0.1, 0.15) is 0 Å². The maximum absolute atomic E-state index is 12.3. The van der Waals surface area contributed by atoms with Crippen LogP contribution in [0.25, 0.3) is 21.0 Å². The first-order chi connectivity index (χ1) is 12.3. The number of carbonyl (C=O) groups excluding carboxylic acids is 1. The number of para-hydroxylation sites is 1. The molecule has 4 rings (SSSR count). The van der Waals surface area contributed by atoms with Crippen molar-refractivity contribution in [3.05, 3.63) is 42.2 Å². The average Bonchev–Trinajstić information content (AvgIpc) is 3.29. The second-order valence-corrected chi connectivity index (χ2v) is 7.44. The normalized spacial score (nSPS) is 16.4. The molecule has 1 aliphatic rings. The molecule has 1 unspecified atom stereocenters. The van der Waals surface area contributed by atoms with Crippen LogP contribution >= 0.6 is 36.2 Å². The highest BCUT2D eigenvalue weighted by Crippen LogP contribution is 2.31. The third-order valence-electron chi connectivity index (χ3n) is 4.57. The van der Waals surface area contributed by atoms with Crippen LogP contribution in [0.5, 0.6) is 0 Å². The number of benzene rings is 1. The van der Waals surface area contributed by atoms with Gasteiger partial charge in [0.05, 0.1) is 10.2 Å².